The molecule has 1 aliphatic heterocycles. The molecule has 1 saturated heterocycles. The van der Waals surface area contributed by atoms with Crippen LogP contribution < -0.4 is 0 Å². The highest BCUT2D eigenvalue weighted by atomic mass is 32.1. The summed E-state index contributed by atoms with van der Waals surface area (Å²) < 4.78 is 43.3. The maximum absolute atomic E-state index is 12.7. The minimum atomic E-state index is -4.41. The second-order valence-electron chi connectivity index (χ2n) is 6.56. The van der Waals surface area contributed by atoms with Gasteiger partial charge in [-0.25, -0.2) is 0 Å². The summed E-state index contributed by atoms with van der Waals surface area (Å²) in [4.78, 5) is 14.2. The Labute approximate surface area is 162 Å². The monoisotopic (exact) mass is 407 g/mol. The summed E-state index contributed by atoms with van der Waals surface area (Å²) in [6, 6.07) is 7.97. The number of amides is 1. The lowest BCUT2D eigenvalue weighted by molar-refractivity contribution is -0.137. The average molecular weight is 407 g/mol. The number of benzene rings is 1. The SMILES string of the molecule is O=C(c1ccc(C(F)(F)F)cc1)N1CCC(c2nnc(-c3ccco3)s2)CC1. The summed E-state index contributed by atoms with van der Waals surface area (Å²) in [5.41, 5.74) is -0.492. The first kappa shape index (κ1) is 18.7. The van der Waals surface area contributed by atoms with E-state index in [9.17, 15) is 18.0 Å². The van der Waals surface area contributed by atoms with Crippen LogP contribution in [0.4, 0.5) is 13.2 Å². The number of hydrogen-bond acceptors (Lipinski definition) is 5. The second kappa shape index (κ2) is 7.38. The maximum Gasteiger partial charge on any atom is 0.416 e. The zero-order valence-electron chi connectivity index (χ0n) is 14.6. The Bertz CT molecular complexity index is 944. The Kier molecular flexibility index (Phi) is 4.92. The molecule has 1 aliphatic rings. The molecule has 0 atom stereocenters. The number of likely N-dealkylation sites (tertiary alicyclic amines) is 1. The lowest BCUT2D eigenvalue weighted by Crippen LogP contribution is -2.37. The molecule has 1 fully saturated rings. The average Bonchev–Trinajstić information content (AvgIpc) is 3.38. The molecule has 0 spiro atoms. The van der Waals surface area contributed by atoms with Crippen LogP contribution in [0.3, 0.4) is 0 Å². The van der Waals surface area contributed by atoms with Crippen molar-refractivity contribution < 1.29 is 22.4 Å². The van der Waals surface area contributed by atoms with Crippen LogP contribution in [0.25, 0.3) is 10.8 Å². The van der Waals surface area contributed by atoms with Crippen molar-refractivity contribution in [2.45, 2.75) is 24.9 Å². The number of nitrogens with zero attached hydrogens (tertiary/aromatic N) is 3. The minimum Gasteiger partial charge on any atom is -0.462 e. The van der Waals surface area contributed by atoms with E-state index >= 15 is 0 Å². The normalized spacial score (nSPS) is 15.8. The molecule has 4 rings (SSSR count). The Morgan fingerprint density at radius 2 is 1.82 bits per heavy atom. The number of rotatable bonds is 3. The van der Waals surface area contributed by atoms with Gasteiger partial charge in [0.2, 0.25) is 0 Å². The molecule has 0 radical (unpaired) electrons. The molecule has 0 saturated carbocycles. The fourth-order valence-electron chi connectivity index (χ4n) is 3.21. The van der Waals surface area contributed by atoms with E-state index in [4.69, 9.17) is 4.42 Å². The zero-order valence-corrected chi connectivity index (χ0v) is 15.5. The number of carbonyl (C=O) groups is 1. The minimum absolute atomic E-state index is 0.206. The van der Waals surface area contributed by atoms with E-state index in [1.165, 1.54) is 23.5 Å². The van der Waals surface area contributed by atoms with Crippen LogP contribution in [0.2, 0.25) is 0 Å². The smallest absolute Gasteiger partial charge is 0.416 e. The lowest BCUT2D eigenvalue weighted by Gasteiger charge is -2.31. The molecule has 1 amide bonds. The van der Waals surface area contributed by atoms with Gasteiger partial charge in [-0.05, 0) is 49.2 Å². The highest BCUT2D eigenvalue weighted by Crippen LogP contribution is 2.34. The van der Waals surface area contributed by atoms with Gasteiger partial charge in [0.25, 0.3) is 5.91 Å². The number of alkyl halides is 3. The highest BCUT2D eigenvalue weighted by Gasteiger charge is 2.31. The van der Waals surface area contributed by atoms with E-state index in [1.54, 1.807) is 17.2 Å². The molecular formula is C19H16F3N3O2S. The van der Waals surface area contributed by atoms with Crippen LogP contribution in [0.15, 0.2) is 47.1 Å². The summed E-state index contributed by atoms with van der Waals surface area (Å²) in [5, 5.41) is 10.1. The summed E-state index contributed by atoms with van der Waals surface area (Å²) in [6.07, 6.45) is -1.35. The molecule has 0 N–H and O–H groups in total. The molecule has 0 aliphatic carbocycles. The fraction of sp³-hybridized carbons (Fsp3) is 0.316. The molecule has 3 aromatic rings. The molecule has 3 heterocycles. The van der Waals surface area contributed by atoms with E-state index in [0.29, 0.717) is 18.8 Å². The number of hydrogen-bond donors (Lipinski definition) is 0. The lowest BCUT2D eigenvalue weighted by atomic mass is 9.97. The van der Waals surface area contributed by atoms with Gasteiger partial charge in [0.15, 0.2) is 10.8 Å². The molecule has 146 valence electrons. The zero-order chi connectivity index (χ0) is 19.7. The third kappa shape index (κ3) is 3.80. The van der Waals surface area contributed by atoms with Crippen LogP contribution in [0, 0.1) is 0 Å². The molecule has 9 heteroatoms. The van der Waals surface area contributed by atoms with Crippen molar-refractivity contribution in [3.8, 4) is 10.8 Å². The third-order valence-corrected chi connectivity index (χ3v) is 5.86. The van der Waals surface area contributed by atoms with E-state index in [0.717, 1.165) is 35.0 Å². The van der Waals surface area contributed by atoms with Gasteiger partial charge in [-0.15, -0.1) is 10.2 Å². The van der Waals surface area contributed by atoms with Crippen molar-refractivity contribution in [3.05, 3.63) is 58.8 Å². The first-order valence-electron chi connectivity index (χ1n) is 8.75. The van der Waals surface area contributed by atoms with Gasteiger partial charge in [0.1, 0.15) is 5.01 Å². The topological polar surface area (TPSA) is 59.2 Å². The number of halogens is 3. The molecule has 0 unspecified atom stereocenters. The third-order valence-electron chi connectivity index (χ3n) is 4.76. The summed E-state index contributed by atoms with van der Waals surface area (Å²) in [7, 11) is 0. The van der Waals surface area contributed by atoms with Crippen LogP contribution in [-0.4, -0.2) is 34.1 Å². The van der Waals surface area contributed by atoms with E-state index < -0.39 is 11.7 Å². The number of furan rings is 1. The Hall–Kier alpha value is -2.68. The van der Waals surface area contributed by atoms with Gasteiger partial charge >= 0.3 is 6.18 Å². The summed E-state index contributed by atoms with van der Waals surface area (Å²) >= 11 is 1.48. The van der Waals surface area contributed by atoms with Crippen molar-refractivity contribution in [2.75, 3.05) is 13.1 Å². The van der Waals surface area contributed by atoms with Gasteiger partial charge in [0, 0.05) is 24.6 Å². The van der Waals surface area contributed by atoms with E-state index in [2.05, 4.69) is 10.2 Å². The van der Waals surface area contributed by atoms with Crippen molar-refractivity contribution >= 4 is 17.2 Å². The predicted molar refractivity (Wildman–Crippen MR) is 96.9 cm³/mol. The van der Waals surface area contributed by atoms with Crippen molar-refractivity contribution in [3.63, 3.8) is 0 Å². The number of aromatic nitrogens is 2. The van der Waals surface area contributed by atoms with Gasteiger partial charge in [-0.3, -0.25) is 4.79 Å². The van der Waals surface area contributed by atoms with Gasteiger partial charge < -0.3 is 9.32 Å². The molecule has 5 nitrogen and oxygen atoms in total. The molecular weight excluding hydrogens is 391 g/mol. The molecule has 28 heavy (non-hydrogen) atoms. The van der Waals surface area contributed by atoms with Crippen molar-refractivity contribution in [1.82, 2.24) is 15.1 Å². The van der Waals surface area contributed by atoms with E-state index in [-0.39, 0.29) is 17.4 Å². The molecule has 1 aromatic carbocycles. The standard InChI is InChI=1S/C19H16F3N3O2S/c20-19(21,22)14-5-3-13(4-6-14)18(26)25-9-7-12(8-10-25)16-23-24-17(28-16)15-2-1-11-27-15/h1-6,11-12H,7-10H2. The summed E-state index contributed by atoms with van der Waals surface area (Å²) in [6.45, 7) is 1.06. The fourth-order valence-corrected chi connectivity index (χ4v) is 4.19. The quantitative estimate of drug-likeness (QED) is 0.624. The maximum atomic E-state index is 12.7. The predicted octanol–water partition coefficient (Wildman–Crippen LogP) is 4.84. The Balaban J connectivity index is 1.38. The van der Waals surface area contributed by atoms with Crippen LogP contribution in [0.5, 0.6) is 0 Å². The first-order chi connectivity index (χ1) is 13.4. The first-order valence-corrected chi connectivity index (χ1v) is 9.57. The Morgan fingerprint density at radius 1 is 1.11 bits per heavy atom. The second-order valence-corrected chi connectivity index (χ2v) is 7.57. The number of piperidine rings is 1. The van der Waals surface area contributed by atoms with E-state index in [1.807, 2.05) is 6.07 Å². The van der Waals surface area contributed by atoms with Crippen LogP contribution in [0.1, 0.15) is 39.7 Å². The van der Waals surface area contributed by atoms with Gasteiger partial charge in [-0.1, -0.05) is 11.3 Å². The van der Waals surface area contributed by atoms with Crippen LogP contribution >= 0.6 is 11.3 Å². The Morgan fingerprint density at radius 3 is 2.43 bits per heavy atom. The van der Waals surface area contributed by atoms with Gasteiger partial charge in [-0.2, -0.15) is 13.2 Å². The van der Waals surface area contributed by atoms with Gasteiger partial charge in [0.05, 0.1) is 11.8 Å². The van der Waals surface area contributed by atoms with Crippen molar-refractivity contribution in [1.29, 1.82) is 0 Å². The largest absolute Gasteiger partial charge is 0.462 e. The van der Waals surface area contributed by atoms with Crippen molar-refractivity contribution in [2.24, 2.45) is 0 Å². The summed E-state index contributed by atoms with van der Waals surface area (Å²) in [5.74, 6) is 0.636. The molecule has 0 bridgehead atoms. The van der Waals surface area contributed by atoms with Crippen LogP contribution in [-0.2, 0) is 6.18 Å². The molecule has 2 aromatic heterocycles. The highest BCUT2D eigenvalue weighted by molar-refractivity contribution is 7.14. The number of carbonyl (C=O) groups excluding carboxylic acids is 1.